The fourth-order valence-electron chi connectivity index (χ4n) is 3.06. The van der Waals surface area contributed by atoms with E-state index in [0.717, 1.165) is 40.8 Å². The van der Waals surface area contributed by atoms with E-state index < -0.39 is 5.60 Å². The van der Waals surface area contributed by atoms with E-state index in [4.69, 9.17) is 4.74 Å². The number of carbonyl (C=O) groups is 1. The highest BCUT2D eigenvalue weighted by molar-refractivity contribution is 9.10. The third-order valence-electron chi connectivity index (χ3n) is 4.18. The Kier molecular flexibility index (Phi) is 5.18. The van der Waals surface area contributed by atoms with E-state index in [1.54, 1.807) is 4.90 Å². The van der Waals surface area contributed by atoms with Crippen LogP contribution in [0.5, 0.6) is 0 Å². The number of carbonyl (C=O) groups excluding carboxylic acids is 1. The smallest absolute Gasteiger partial charge is 0.410 e. The van der Waals surface area contributed by atoms with Crippen LogP contribution in [0.15, 0.2) is 34.9 Å². The maximum atomic E-state index is 12.6. The molecule has 2 aromatic rings. The van der Waals surface area contributed by atoms with Crippen LogP contribution in [0, 0.1) is 0 Å². The normalized spacial score (nSPS) is 18.2. The molecule has 134 valence electrons. The van der Waals surface area contributed by atoms with Gasteiger partial charge in [0.05, 0.1) is 17.9 Å². The van der Waals surface area contributed by atoms with Crippen molar-refractivity contribution in [2.24, 2.45) is 0 Å². The molecule has 0 aliphatic carbocycles. The van der Waals surface area contributed by atoms with Gasteiger partial charge in [-0.25, -0.2) is 9.78 Å². The van der Waals surface area contributed by atoms with Gasteiger partial charge < -0.3 is 9.72 Å². The molecule has 1 fully saturated rings. The number of likely N-dealkylation sites (tertiary alicyclic amines) is 1. The van der Waals surface area contributed by atoms with Gasteiger partial charge in [0, 0.05) is 16.6 Å². The van der Waals surface area contributed by atoms with Crippen LogP contribution in [-0.2, 0) is 4.74 Å². The van der Waals surface area contributed by atoms with E-state index in [2.05, 4.69) is 25.9 Å². The number of aromatic nitrogens is 2. The average molecular weight is 406 g/mol. The van der Waals surface area contributed by atoms with Crippen LogP contribution >= 0.6 is 15.9 Å². The third-order valence-corrected chi connectivity index (χ3v) is 4.67. The molecule has 0 bridgehead atoms. The van der Waals surface area contributed by atoms with Crippen molar-refractivity contribution in [1.29, 1.82) is 0 Å². The summed E-state index contributed by atoms with van der Waals surface area (Å²) in [6.07, 6.45) is 4.53. The molecule has 1 aliphatic heterocycles. The molecular formula is C19H24BrN3O2. The first-order valence-corrected chi connectivity index (χ1v) is 9.43. The summed E-state index contributed by atoms with van der Waals surface area (Å²) < 4.78 is 6.60. The minimum atomic E-state index is -0.496. The number of H-pyrrole nitrogens is 1. The van der Waals surface area contributed by atoms with E-state index in [1.165, 1.54) is 0 Å². The monoisotopic (exact) mass is 405 g/mol. The van der Waals surface area contributed by atoms with Gasteiger partial charge in [-0.05, 0) is 52.2 Å². The van der Waals surface area contributed by atoms with E-state index in [-0.39, 0.29) is 12.1 Å². The predicted octanol–water partition coefficient (Wildman–Crippen LogP) is 5.30. The summed E-state index contributed by atoms with van der Waals surface area (Å²) in [5, 5.41) is 0. The van der Waals surface area contributed by atoms with Crippen LogP contribution in [0.2, 0.25) is 0 Å². The molecule has 3 rings (SSSR count). The number of nitrogens with zero attached hydrogens (tertiary/aromatic N) is 2. The fourth-order valence-corrected chi connectivity index (χ4v) is 3.46. The molecule has 1 N–H and O–H groups in total. The van der Waals surface area contributed by atoms with Crippen molar-refractivity contribution < 1.29 is 9.53 Å². The molecule has 1 amide bonds. The molecule has 5 nitrogen and oxygen atoms in total. The molecule has 1 saturated heterocycles. The molecule has 0 spiro atoms. The number of halogens is 1. The molecule has 1 aromatic carbocycles. The van der Waals surface area contributed by atoms with Crippen molar-refractivity contribution >= 4 is 22.0 Å². The number of hydrogen-bond acceptors (Lipinski definition) is 3. The number of ether oxygens (including phenoxy) is 1. The summed E-state index contributed by atoms with van der Waals surface area (Å²) in [5.74, 6) is 0.820. The van der Waals surface area contributed by atoms with Crippen molar-refractivity contribution in [1.82, 2.24) is 14.9 Å². The van der Waals surface area contributed by atoms with Crippen LogP contribution in [0.4, 0.5) is 4.79 Å². The first kappa shape index (κ1) is 18.0. The Labute approximate surface area is 156 Å². The van der Waals surface area contributed by atoms with Crippen LogP contribution < -0.4 is 0 Å². The minimum Gasteiger partial charge on any atom is -0.444 e. The highest BCUT2D eigenvalue weighted by atomic mass is 79.9. The minimum absolute atomic E-state index is 0.0653. The summed E-state index contributed by atoms with van der Waals surface area (Å²) in [6, 6.07) is 8.00. The number of aromatic amines is 1. The van der Waals surface area contributed by atoms with Gasteiger partial charge in [0.25, 0.3) is 0 Å². The maximum absolute atomic E-state index is 12.6. The molecule has 1 unspecified atom stereocenters. The lowest BCUT2D eigenvalue weighted by molar-refractivity contribution is 0.00854. The van der Waals surface area contributed by atoms with E-state index in [1.807, 2.05) is 51.2 Å². The molecule has 0 radical (unpaired) electrons. The topological polar surface area (TPSA) is 58.2 Å². The average Bonchev–Trinajstić information content (AvgIpc) is 3.03. The van der Waals surface area contributed by atoms with Crippen molar-refractivity contribution in [3.8, 4) is 11.3 Å². The zero-order chi connectivity index (χ0) is 18.0. The van der Waals surface area contributed by atoms with Crippen molar-refractivity contribution in [3.63, 3.8) is 0 Å². The van der Waals surface area contributed by atoms with Gasteiger partial charge >= 0.3 is 6.09 Å². The summed E-state index contributed by atoms with van der Waals surface area (Å²) in [7, 11) is 0. The van der Waals surface area contributed by atoms with Crippen molar-refractivity contribution in [2.75, 3.05) is 6.54 Å². The third kappa shape index (κ3) is 4.42. The van der Waals surface area contributed by atoms with Crippen molar-refractivity contribution in [2.45, 2.75) is 51.7 Å². The molecule has 2 heterocycles. The zero-order valence-corrected chi connectivity index (χ0v) is 16.5. The number of amides is 1. The van der Waals surface area contributed by atoms with Crippen LogP contribution in [0.25, 0.3) is 11.3 Å². The number of nitrogens with one attached hydrogen (secondary N) is 1. The Morgan fingerprint density at radius 1 is 1.36 bits per heavy atom. The molecule has 1 atom stereocenters. The van der Waals surface area contributed by atoms with E-state index >= 15 is 0 Å². The number of rotatable bonds is 2. The van der Waals surface area contributed by atoms with E-state index in [0.29, 0.717) is 6.54 Å². The van der Waals surface area contributed by atoms with Gasteiger partial charge in [-0.15, -0.1) is 0 Å². The van der Waals surface area contributed by atoms with Crippen LogP contribution in [0.1, 0.15) is 51.9 Å². The Morgan fingerprint density at radius 3 is 2.88 bits per heavy atom. The Bertz CT molecular complexity index is 751. The number of piperidine rings is 1. The highest BCUT2D eigenvalue weighted by Crippen LogP contribution is 2.32. The standard InChI is InChI=1S/C19H24BrN3O2/c1-19(2,3)25-18(24)23-10-5-4-9-16(23)17-21-12-15(22-17)13-7-6-8-14(20)11-13/h6-8,11-12,16H,4-5,9-10H2,1-3H3,(H,21,22). The zero-order valence-electron chi connectivity index (χ0n) is 14.9. The second kappa shape index (κ2) is 7.20. The predicted molar refractivity (Wildman–Crippen MR) is 101 cm³/mol. The fraction of sp³-hybridized carbons (Fsp3) is 0.474. The lowest BCUT2D eigenvalue weighted by atomic mass is 10.0. The second-order valence-electron chi connectivity index (χ2n) is 7.38. The number of imidazole rings is 1. The lowest BCUT2D eigenvalue weighted by Crippen LogP contribution is -2.42. The van der Waals surface area contributed by atoms with Crippen molar-refractivity contribution in [3.05, 3.63) is 40.8 Å². The molecule has 0 saturated carbocycles. The first-order chi connectivity index (χ1) is 11.8. The van der Waals surface area contributed by atoms with Gasteiger partial charge in [-0.2, -0.15) is 0 Å². The SMILES string of the molecule is CC(C)(C)OC(=O)N1CCCCC1c1ncc(-c2cccc(Br)c2)[nH]1. The van der Waals surface area contributed by atoms with Gasteiger partial charge in [0.15, 0.2) is 0 Å². The van der Waals surface area contributed by atoms with E-state index in [9.17, 15) is 4.79 Å². The number of benzene rings is 1. The number of hydrogen-bond donors (Lipinski definition) is 1. The van der Waals surface area contributed by atoms with Gasteiger partial charge in [-0.1, -0.05) is 28.1 Å². The Hall–Kier alpha value is -1.82. The highest BCUT2D eigenvalue weighted by Gasteiger charge is 2.33. The molecule has 1 aromatic heterocycles. The molecule has 25 heavy (non-hydrogen) atoms. The lowest BCUT2D eigenvalue weighted by Gasteiger charge is -2.35. The maximum Gasteiger partial charge on any atom is 0.410 e. The van der Waals surface area contributed by atoms with Crippen LogP contribution in [-0.4, -0.2) is 33.1 Å². The van der Waals surface area contributed by atoms with Gasteiger partial charge in [0.2, 0.25) is 0 Å². The molecular weight excluding hydrogens is 382 g/mol. The second-order valence-corrected chi connectivity index (χ2v) is 8.29. The quantitative estimate of drug-likeness (QED) is 0.736. The summed E-state index contributed by atoms with van der Waals surface area (Å²) >= 11 is 3.50. The van der Waals surface area contributed by atoms with Gasteiger partial charge in [0.1, 0.15) is 11.4 Å². The first-order valence-electron chi connectivity index (χ1n) is 8.64. The summed E-state index contributed by atoms with van der Waals surface area (Å²) in [5.41, 5.74) is 1.52. The molecule has 1 aliphatic rings. The Morgan fingerprint density at radius 2 is 2.16 bits per heavy atom. The van der Waals surface area contributed by atoms with Crippen LogP contribution in [0.3, 0.4) is 0 Å². The summed E-state index contributed by atoms with van der Waals surface area (Å²) in [4.78, 5) is 22.3. The largest absolute Gasteiger partial charge is 0.444 e. The Balaban J connectivity index is 1.82. The summed E-state index contributed by atoms with van der Waals surface area (Å²) in [6.45, 7) is 6.37. The molecule has 6 heteroatoms. The van der Waals surface area contributed by atoms with Gasteiger partial charge in [-0.3, -0.25) is 4.90 Å².